The summed E-state index contributed by atoms with van der Waals surface area (Å²) in [6, 6.07) is 20.1. The van der Waals surface area contributed by atoms with E-state index in [9.17, 15) is 14.4 Å². The van der Waals surface area contributed by atoms with E-state index in [2.05, 4.69) is 10.6 Å². The maximum atomic E-state index is 13.5. The Morgan fingerprint density at radius 3 is 2.62 bits per heavy atom. The number of rotatable bonds is 8. The highest BCUT2D eigenvalue weighted by Crippen LogP contribution is 2.29. The second-order valence-corrected chi connectivity index (χ2v) is 9.52. The van der Waals surface area contributed by atoms with Gasteiger partial charge in [-0.1, -0.05) is 42.5 Å². The molecule has 9 nitrogen and oxygen atoms in total. The first-order chi connectivity index (χ1) is 19.0. The number of methoxy groups -OCH3 is 1. The highest BCUT2D eigenvalue weighted by Gasteiger charge is 2.37. The van der Waals surface area contributed by atoms with Gasteiger partial charge in [0.25, 0.3) is 5.91 Å². The van der Waals surface area contributed by atoms with Crippen LogP contribution in [0.4, 0.5) is 10.5 Å². The van der Waals surface area contributed by atoms with E-state index < -0.39 is 30.0 Å². The lowest BCUT2D eigenvalue weighted by atomic mass is 10.0. The Morgan fingerprint density at radius 2 is 1.85 bits per heavy atom. The SMILES string of the molecule is COc1ccc([C@H](NC(=O)[C@@H]2CCCN2C(=O)OCc2ccccc2)C(=O)Nc2ccc3c(c2)CCO3)cc1. The molecule has 5 rings (SSSR count). The van der Waals surface area contributed by atoms with Crippen LogP contribution in [-0.2, 0) is 27.4 Å². The molecular formula is C30H31N3O6. The van der Waals surface area contributed by atoms with Gasteiger partial charge in [-0.2, -0.15) is 0 Å². The average molecular weight is 530 g/mol. The number of carbonyl (C=O) groups is 3. The van der Waals surface area contributed by atoms with Crippen molar-refractivity contribution in [2.45, 2.75) is 38.0 Å². The molecule has 0 spiro atoms. The summed E-state index contributed by atoms with van der Waals surface area (Å²) >= 11 is 0. The average Bonchev–Trinajstić information content (AvgIpc) is 3.65. The van der Waals surface area contributed by atoms with Gasteiger partial charge >= 0.3 is 6.09 Å². The summed E-state index contributed by atoms with van der Waals surface area (Å²) < 4.78 is 16.3. The molecule has 0 bridgehead atoms. The topological polar surface area (TPSA) is 106 Å². The summed E-state index contributed by atoms with van der Waals surface area (Å²) in [5, 5.41) is 5.80. The third-order valence-electron chi connectivity index (χ3n) is 6.95. The molecule has 0 radical (unpaired) electrons. The smallest absolute Gasteiger partial charge is 0.410 e. The molecule has 3 aromatic rings. The highest BCUT2D eigenvalue weighted by atomic mass is 16.6. The van der Waals surface area contributed by atoms with Crippen LogP contribution in [0.2, 0.25) is 0 Å². The van der Waals surface area contributed by atoms with Crippen molar-refractivity contribution in [1.82, 2.24) is 10.2 Å². The molecule has 2 N–H and O–H groups in total. The number of benzene rings is 3. The van der Waals surface area contributed by atoms with Crippen molar-refractivity contribution in [3.63, 3.8) is 0 Å². The van der Waals surface area contributed by atoms with Crippen molar-refractivity contribution in [3.05, 3.63) is 89.5 Å². The van der Waals surface area contributed by atoms with E-state index in [1.807, 2.05) is 42.5 Å². The fraction of sp³-hybridized carbons (Fsp3) is 0.300. The minimum absolute atomic E-state index is 0.118. The van der Waals surface area contributed by atoms with Crippen molar-refractivity contribution in [2.24, 2.45) is 0 Å². The van der Waals surface area contributed by atoms with Crippen LogP contribution in [0.3, 0.4) is 0 Å². The van der Waals surface area contributed by atoms with E-state index >= 15 is 0 Å². The quantitative estimate of drug-likeness (QED) is 0.453. The number of ether oxygens (including phenoxy) is 3. The van der Waals surface area contributed by atoms with Crippen LogP contribution >= 0.6 is 0 Å². The van der Waals surface area contributed by atoms with E-state index in [1.54, 1.807) is 37.4 Å². The van der Waals surface area contributed by atoms with Gasteiger partial charge < -0.3 is 24.8 Å². The number of nitrogens with zero attached hydrogens (tertiary/aromatic N) is 1. The van der Waals surface area contributed by atoms with Crippen LogP contribution in [0.15, 0.2) is 72.8 Å². The minimum atomic E-state index is -0.990. The number of nitrogens with one attached hydrogen (secondary N) is 2. The molecule has 0 aliphatic carbocycles. The van der Waals surface area contributed by atoms with Gasteiger partial charge in [-0.3, -0.25) is 14.5 Å². The summed E-state index contributed by atoms with van der Waals surface area (Å²) in [7, 11) is 1.56. The van der Waals surface area contributed by atoms with Gasteiger partial charge in [0.05, 0.1) is 13.7 Å². The van der Waals surface area contributed by atoms with Crippen molar-refractivity contribution >= 4 is 23.6 Å². The predicted molar refractivity (Wildman–Crippen MR) is 145 cm³/mol. The molecule has 1 fully saturated rings. The molecule has 2 heterocycles. The molecule has 2 aliphatic heterocycles. The first kappa shape index (κ1) is 26.1. The van der Waals surface area contributed by atoms with Crippen molar-refractivity contribution < 1.29 is 28.6 Å². The zero-order chi connectivity index (χ0) is 27.2. The molecule has 202 valence electrons. The van der Waals surface area contributed by atoms with Crippen LogP contribution in [0.1, 0.15) is 35.6 Å². The first-order valence-electron chi connectivity index (χ1n) is 13.0. The van der Waals surface area contributed by atoms with Crippen LogP contribution in [-0.4, -0.2) is 49.1 Å². The molecule has 0 unspecified atom stereocenters. The predicted octanol–water partition coefficient (Wildman–Crippen LogP) is 4.23. The van der Waals surface area contributed by atoms with E-state index in [0.717, 1.165) is 23.3 Å². The molecule has 9 heteroatoms. The van der Waals surface area contributed by atoms with Gasteiger partial charge in [0, 0.05) is 18.7 Å². The van der Waals surface area contributed by atoms with Gasteiger partial charge in [-0.15, -0.1) is 0 Å². The minimum Gasteiger partial charge on any atom is -0.497 e. The van der Waals surface area contributed by atoms with Gasteiger partial charge in [0.1, 0.15) is 30.2 Å². The fourth-order valence-corrected chi connectivity index (χ4v) is 4.87. The Bertz CT molecular complexity index is 1330. The molecule has 39 heavy (non-hydrogen) atoms. The van der Waals surface area contributed by atoms with Crippen molar-refractivity contribution in [2.75, 3.05) is 25.6 Å². The maximum Gasteiger partial charge on any atom is 0.410 e. The Labute approximate surface area is 227 Å². The lowest BCUT2D eigenvalue weighted by Gasteiger charge is -2.26. The molecular weight excluding hydrogens is 498 g/mol. The van der Waals surface area contributed by atoms with Gasteiger partial charge in [0.15, 0.2) is 0 Å². The lowest BCUT2D eigenvalue weighted by molar-refractivity contribution is -0.129. The van der Waals surface area contributed by atoms with E-state index in [0.29, 0.717) is 43.0 Å². The lowest BCUT2D eigenvalue weighted by Crippen LogP contribution is -2.48. The first-order valence-corrected chi connectivity index (χ1v) is 13.0. The molecule has 1 saturated heterocycles. The van der Waals surface area contributed by atoms with E-state index in [1.165, 1.54) is 4.90 Å². The van der Waals surface area contributed by atoms with Crippen molar-refractivity contribution in [1.29, 1.82) is 0 Å². The van der Waals surface area contributed by atoms with Gasteiger partial charge in [0.2, 0.25) is 5.91 Å². The summed E-state index contributed by atoms with van der Waals surface area (Å²) in [5.74, 6) is 0.630. The van der Waals surface area contributed by atoms with Crippen LogP contribution in [0.25, 0.3) is 0 Å². The summed E-state index contributed by atoms with van der Waals surface area (Å²) in [4.78, 5) is 41.2. The van der Waals surface area contributed by atoms with E-state index in [-0.39, 0.29) is 6.61 Å². The highest BCUT2D eigenvalue weighted by molar-refractivity contribution is 5.99. The number of anilines is 1. The number of fused-ring (bicyclic) bond motifs is 1. The largest absolute Gasteiger partial charge is 0.497 e. The number of carbonyl (C=O) groups excluding carboxylic acids is 3. The standard InChI is InChI=1S/C30H31N3O6/c1-37-24-12-9-21(10-13-24)27(29(35)31-23-11-14-26-22(18-23)15-17-38-26)32-28(34)25-8-5-16-33(25)30(36)39-19-20-6-3-2-4-7-20/h2-4,6-7,9-14,18,25,27H,5,8,15-17,19H2,1H3,(H,31,35)(H,32,34)/t25-,27-/m0/s1. The normalized spacial score (nSPS) is 16.5. The van der Waals surface area contributed by atoms with Crippen molar-refractivity contribution in [3.8, 4) is 11.5 Å². The number of amides is 3. The molecule has 2 aliphatic rings. The Balaban J connectivity index is 1.30. The number of hydrogen-bond donors (Lipinski definition) is 2. The van der Waals surface area contributed by atoms with E-state index in [4.69, 9.17) is 14.2 Å². The third-order valence-corrected chi connectivity index (χ3v) is 6.95. The maximum absolute atomic E-state index is 13.5. The van der Waals surface area contributed by atoms with Gasteiger partial charge in [-0.05, 0) is 59.9 Å². The molecule has 3 amide bonds. The zero-order valence-corrected chi connectivity index (χ0v) is 21.7. The third kappa shape index (κ3) is 6.14. The van der Waals surface area contributed by atoms with Crippen LogP contribution in [0, 0.1) is 0 Å². The van der Waals surface area contributed by atoms with Crippen LogP contribution in [0.5, 0.6) is 11.5 Å². The molecule has 0 saturated carbocycles. The Morgan fingerprint density at radius 1 is 1.05 bits per heavy atom. The second kappa shape index (κ2) is 11.9. The molecule has 0 aromatic heterocycles. The summed E-state index contributed by atoms with van der Waals surface area (Å²) in [5.41, 5.74) is 3.08. The molecule has 3 aromatic carbocycles. The summed E-state index contributed by atoms with van der Waals surface area (Å²) in [6.45, 7) is 1.14. The van der Waals surface area contributed by atoms with Gasteiger partial charge in [-0.25, -0.2) is 4.79 Å². The monoisotopic (exact) mass is 529 g/mol. The summed E-state index contributed by atoms with van der Waals surface area (Å²) in [6.07, 6.45) is 1.36. The van der Waals surface area contributed by atoms with Crippen LogP contribution < -0.4 is 20.1 Å². The molecule has 2 atom stereocenters. The zero-order valence-electron chi connectivity index (χ0n) is 21.7. The Hall–Kier alpha value is -4.53. The second-order valence-electron chi connectivity index (χ2n) is 9.52. The number of hydrogen-bond acceptors (Lipinski definition) is 6. The fourth-order valence-electron chi connectivity index (χ4n) is 4.87. The number of likely N-dealkylation sites (tertiary alicyclic amines) is 1. The Kier molecular flexibility index (Phi) is 7.96.